The highest BCUT2D eigenvalue weighted by Gasteiger charge is 2.56. The predicted molar refractivity (Wildman–Crippen MR) is 103 cm³/mol. The van der Waals surface area contributed by atoms with Crippen molar-refractivity contribution in [1.82, 2.24) is 10.6 Å². The molecule has 4 nitrogen and oxygen atoms in total. The fourth-order valence-electron chi connectivity index (χ4n) is 2.96. The summed E-state index contributed by atoms with van der Waals surface area (Å²) in [4.78, 5) is 24.9. The Balaban J connectivity index is 1.42. The quantitative estimate of drug-likeness (QED) is 0.682. The third-order valence-corrected chi connectivity index (χ3v) is 5.10. The Bertz CT molecular complexity index is 736. The zero-order valence-electron chi connectivity index (χ0n) is 14.9. The minimum Gasteiger partial charge on any atom is -0.355 e. The highest BCUT2D eigenvalue weighted by molar-refractivity contribution is 6.30. The molecule has 2 amide bonds. The SMILES string of the molecule is O=C(NCCc1ccc(F)cc1)C1(C(=O)NCCc2ccc(Cl)cc2)CC1. The van der Waals surface area contributed by atoms with Crippen LogP contribution in [0, 0.1) is 11.2 Å². The van der Waals surface area contributed by atoms with Gasteiger partial charge in [0.2, 0.25) is 11.8 Å². The zero-order chi connectivity index (χ0) is 19.3. The molecule has 0 bridgehead atoms. The van der Waals surface area contributed by atoms with Crippen molar-refractivity contribution < 1.29 is 14.0 Å². The fraction of sp³-hybridized carbons (Fsp3) is 0.333. The lowest BCUT2D eigenvalue weighted by molar-refractivity contribution is -0.137. The Morgan fingerprint density at radius 1 is 0.852 bits per heavy atom. The maximum atomic E-state index is 12.9. The van der Waals surface area contributed by atoms with Crippen molar-refractivity contribution in [2.24, 2.45) is 5.41 Å². The first-order chi connectivity index (χ1) is 13.0. The average molecular weight is 389 g/mol. The summed E-state index contributed by atoms with van der Waals surface area (Å²) in [5.41, 5.74) is 1.09. The van der Waals surface area contributed by atoms with Gasteiger partial charge < -0.3 is 10.6 Å². The molecule has 1 aliphatic carbocycles. The van der Waals surface area contributed by atoms with Gasteiger partial charge >= 0.3 is 0 Å². The van der Waals surface area contributed by atoms with E-state index < -0.39 is 5.41 Å². The van der Waals surface area contributed by atoms with E-state index in [0.29, 0.717) is 43.8 Å². The van der Waals surface area contributed by atoms with Crippen molar-refractivity contribution in [2.75, 3.05) is 13.1 Å². The highest BCUT2D eigenvalue weighted by atomic mass is 35.5. The number of amides is 2. The van der Waals surface area contributed by atoms with Crippen LogP contribution in [0.1, 0.15) is 24.0 Å². The van der Waals surface area contributed by atoms with Crippen LogP contribution in [0.4, 0.5) is 4.39 Å². The summed E-state index contributed by atoms with van der Waals surface area (Å²) in [6.07, 6.45) is 2.43. The van der Waals surface area contributed by atoms with Crippen molar-refractivity contribution in [3.05, 3.63) is 70.5 Å². The van der Waals surface area contributed by atoms with E-state index in [2.05, 4.69) is 10.6 Å². The van der Waals surface area contributed by atoms with E-state index in [1.54, 1.807) is 12.1 Å². The first kappa shape index (κ1) is 19.4. The standard InChI is InChI=1S/C21H22ClFN2O2/c22-17-5-1-15(2-6-17)9-13-24-19(26)21(11-12-21)20(27)25-14-10-16-3-7-18(23)8-4-16/h1-8H,9-14H2,(H,24,26)(H,25,27). The van der Waals surface area contributed by atoms with Crippen LogP contribution in [-0.2, 0) is 22.4 Å². The Morgan fingerprint density at radius 3 is 1.74 bits per heavy atom. The first-order valence-electron chi connectivity index (χ1n) is 9.05. The van der Waals surface area contributed by atoms with Crippen LogP contribution in [0.15, 0.2) is 48.5 Å². The summed E-state index contributed by atoms with van der Waals surface area (Å²) in [7, 11) is 0. The van der Waals surface area contributed by atoms with Gasteiger partial charge in [0.25, 0.3) is 0 Å². The molecule has 2 N–H and O–H groups in total. The smallest absolute Gasteiger partial charge is 0.235 e. The highest BCUT2D eigenvalue weighted by Crippen LogP contribution is 2.46. The monoisotopic (exact) mass is 388 g/mol. The van der Waals surface area contributed by atoms with Gasteiger partial charge in [0, 0.05) is 18.1 Å². The Kier molecular flexibility index (Phi) is 6.11. The van der Waals surface area contributed by atoms with Gasteiger partial charge in [-0.25, -0.2) is 4.39 Å². The lowest BCUT2D eigenvalue weighted by Crippen LogP contribution is -2.44. The van der Waals surface area contributed by atoms with Crippen molar-refractivity contribution in [1.29, 1.82) is 0 Å². The van der Waals surface area contributed by atoms with Gasteiger partial charge in [-0.2, -0.15) is 0 Å². The maximum absolute atomic E-state index is 12.9. The van der Waals surface area contributed by atoms with Gasteiger partial charge in [-0.05, 0) is 61.1 Å². The van der Waals surface area contributed by atoms with E-state index >= 15 is 0 Å². The van der Waals surface area contributed by atoms with Crippen LogP contribution in [0.5, 0.6) is 0 Å². The van der Waals surface area contributed by atoms with Gasteiger partial charge in [0.05, 0.1) is 0 Å². The third-order valence-electron chi connectivity index (χ3n) is 4.84. The number of carbonyl (C=O) groups is 2. The van der Waals surface area contributed by atoms with Crippen LogP contribution in [-0.4, -0.2) is 24.9 Å². The molecule has 2 aromatic rings. The lowest BCUT2D eigenvalue weighted by Gasteiger charge is -2.15. The van der Waals surface area contributed by atoms with Crippen molar-refractivity contribution in [2.45, 2.75) is 25.7 Å². The molecule has 0 heterocycles. The summed E-state index contributed by atoms with van der Waals surface area (Å²) in [6.45, 7) is 0.898. The van der Waals surface area contributed by atoms with Gasteiger partial charge in [0.1, 0.15) is 11.2 Å². The zero-order valence-corrected chi connectivity index (χ0v) is 15.7. The molecule has 1 aliphatic rings. The number of rotatable bonds is 8. The second-order valence-electron chi connectivity index (χ2n) is 6.85. The van der Waals surface area contributed by atoms with E-state index in [4.69, 9.17) is 11.6 Å². The van der Waals surface area contributed by atoms with Crippen LogP contribution in [0.3, 0.4) is 0 Å². The summed E-state index contributed by atoms with van der Waals surface area (Å²) in [6, 6.07) is 13.6. The molecule has 0 radical (unpaired) electrons. The molecule has 2 aromatic carbocycles. The molecule has 0 aliphatic heterocycles. The largest absolute Gasteiger partial charge is 0.355 e. The van der Waals surface area contributed by atoms with Crippen LogP contribution in [0.25, 0.3) is 0 Å². The average Bonchev–Trinajstić information content (AvgIpc) is 3.47. The lowest BCUT2D eigenvalue weighted by atomic mass is 10.0. The molecule has 3 rings (SSSR count). The van der Waals surface area contributed by atoms with E-state index in [0.717, 1.165) is 11.1 Å². The minimum atomic E-state index is -0.928. The number of halogens is 2. The van der Waals surface area contributed by atoms with E-state index in [1.165, 1.54) is 12.1 Å². The van der Waals surface area contributed by atoms with Crippen LogP contribution in [0.2, 0.25) is 5.02 Å². The molecule has 0 spiro atoms. The summed E-state index contributed by atoms with van der Waals surface area (Å²) in [5.74, 6) is -0.723. The maximum Gasteiger partial charge on any atom is 0.235 e. The number of hydrogen-bond donors (Lipinski definition) is 2. The van der Waals surface area contributed by atoms with Crippen molar-refractivity contribution in [3.8, 4) is 0 Å². The van der Waals surface area contributed by atoms with Crippen molar-refractivity contribution >= 4 is 23.4 Å². The number of nitrogens with one attached hydrogen (secondary N) is 2. The van der Waals surface area contributed by atoms with E-state index in [9.17, 15) is 14.0 Å². The van der Waals surface area contributed by atoms with Crippen LogP contribution < -0.4 is 10.6 Å². The molecule has 0 atom stereocenters. The van der Waals surface area contributed by atoms with Gasteiger partial charge in [-0.1, -0.05) is 35.9 Å². The third kappa shape index (κ3) is 5.07. The minimum absolute atomic E-state index is 0.212. The summed E-state index contributed by atoms with van der Waals surface area (Å²) in [5, 5.41) is 6.38. The normalized spacial score (nSPS) is 14.4. The second-order valence-corrected chi connectivity index (χ2v) is 7.28. The van der Waals surface area contributed by atoms with E-state index in [1.807, 2.05) is 24.3 Å². The summed E-state index contributed by atoms with van der Waals surface area (Å²) < 4.78 is 12.9. The molecule has 142 valence electrons. The first-order valence-corrected chi connectivity index (χ1v) is 9.43. The Morgan fingerprint density at radius 2 is 1.30 bits per heavy atom. The molecule has 0 saturated heterocycles. The molecule has 27 heavy (non-hydrogen) atoms. The molecule has 1 saturated carbocycles. The van der Waals surface area contributed by atoms with Crippen LogP contribution >= 0.6 is 11.6 Å². The van der Waals surface area contributed by atoms with Crippen molar-refractivity contribution in [3.63, 3.8) is 0 Å². The van der Waals surface area contributed by atoms with Gasteiger partial charge in [-0.15, -0.1) is 0 Å². The molecule has 0 unspecified atom stereocenters. The number of benzene rings is 2. The molecule has 0 aromatic heterocycles. The Labute approximate surface area is 163 Å². The molecule has 1 fully saturated rings. The second kappa shape index (κ2) is 8.53. The van der Waals surface area contributed by atoms with Gasteiger partial charge in [-0.3, -0.25) is 9.59 Å². The Hall–Kier alpha value is -2.40. The number of carbonyl (C=O) groups excluding carboxylic acids is 2. The topological polar surface area (TPSA) is 58.2 Å². The molecule has 6 heteroatoms. The van der Waals surface area contributed by atoms with Gasteiger partial charge in [0.15, 0.2) is 0 Å². The number of hydrogen-bond acceptors (Lipinski definition) is 2. The fourth-order valence-corrected chi connectivity index (χ4v) is 3.09. The predicted octanol–water partition coefficient (Wildman–Crippen LogP) is 3.28. The van der Waals surface area contributed by atoms with E-state index in [-0.39, 0.29) is 17.6 Å². The molecular formula is C21H22ClFN2O2. The molecular weight excluding hydrogens is 367 g/mol. The summed E-state index contributed by atoms with van der Waals surface area (Å²) >= 11 is 5.86.